The van der Waals surface area contributed by atoms with Gasteiger partial charge in [-0.15, -0.1) is 0 Å². The molecule has 0 saturated carbocycles. The summed E-state index contributed by atoms with van der Waals surface area (Å²) >= 11 is 0. The molecule has 1 atom stereocenters. The first kappa shape index (κ1) is 19.3. The predicted octanol–water partition coefficient (Wildman–Crippen LogP) is 2.74. The number of amides is 1. The van der Waals surface area contributed by atoms with E-state index >= 15 is 0 Å². The maximum atomic E-state index is 12.9. The first-order valence-corrected chi connectivity index (χ1v) is 9.24. The molecule has 4 rings (SSSR count). The van der Waals surface area contributed by atoms with E-state index < -0.39 is 23.9 Å². The quantitative estimate of drug-likeness (QED) is 0.842. The van der Waals surface area contributed by atoms with Crippen LogP contribution in [-0.4, -0.2) is 44.0 Å². The summed E-state index contributed by atoms with van der Waals surface area (Å²) in [7, 11) is 0. The average Bonchev–Trinajstić information content (AvgIpc) is 3.23. The number of carbonyl (C=O) groups is 2. The van der Waals surface area contributed by atoms with E-state index in [9.17, 15) is 27.9 Å². The number of rotatable bonds is 4. The molecule has 154 valence electrons. The summed E-state index contributed by atoms with van der Waals surface area (Å²) in [5.41, 5.74) is 1.05. The molecule has 0 fully saturated rings. The highest BCUT2D eigenvalue weighted by molar-refractivity contribution is 6.00. The number of imidazole rings is 1. The van der Waals surface area contributed by atoms with Crippen molar-refractivity contribution in [3.63, 3.8) is 0 Å². The molecule has 3 heterocycles. The van der Waals surface area contributed by atoms with Gasteiger partial charge in [0.1, 0.15) is 11.9 Å². The molecule has 10 heteroatoms. The average molecular weight is 408 g/mol. The number of carbonyl (C=O) groups excluding carboxylic acids is 1. The molecular formula is C19H19F3N4O3. The van der Waals surface area contributed by atoms with Crippen LogP contribution >= 0.6 is 0 Å². The first-order chi connectivity index (χ1) is 13.7. The zero-order valence-corrected chi connectivity index (χ0v) is 15.6. The topological polar surface area (TPSA) is 78.7 Å². The summed E-state index contributed by atoms with van der Waals surface area (Å²) in [5, 5.41) is 9.35. The SMILES string of the molecule is CCC(C(=O)O)N1Cc2cc(N3CCn4cc(C(F)(F)F)nc4C3)ccc2C1=O. The van der Waals surface area contributed by atoms with Gasteiger partial charge in [0.15, 0.2) is 5.69 Å². The van der Waals surface area contributed by atoms with Gasteiger partial charge in [0.2, 0.25) is 0 Å². The van der Waals surface area contributed by atoms with Crippen molar-refractivity contribution in [2.45, 2.75) is 45.2 Å². The number of nitrogens with zero attached hydrogens (tertiary/aromatic N) is 4. The summed E-state index contributed by atoms with van der Waals surface area (Å²) in [6, 6.07) is 4.32. The number of alkyl halides is 3. The van der Waals surface area contributed by atoms with E-state index in [1.807, 2.05) is 11.0 Å². The van der Waals surface area contributed by atoms with Gasteiger partial charge in [0, 0.05) is 37.1 Å². The zero-order chi connectivity index (χ0) is 20.9. The lowest BCUT2D eigenvalue weighted by Gasteiger charge is -2.29. The highest BCUT2D eigenvalue weighted by Crippen LogP contribution is 2.32. The highest BCUT2D eigenvalue weighted by Gasteiger charge is 2.37. The molecule has 0 aliphatic carbocycles. The standard InChI is InChI=1S/C19H19F3N4O3/c1-2-14(18(28)29)26-8-11-7-12(3-4-13(11)17(26)27)24-5-6-25-9-15(19(20,21)22)23-16(25)10-24/h3-4,7,9,14H,2,5-6,8,10H2,1H3,(H,28,29). The van der Waals surface area contributed by atoms with Crippen molar-refractivity contribution in [2.24, 2.45) is 0 Å². The third-order valence-corrected chi connectivity index (χ3v) is 5.43. The molecule has 1 unspecified atom stereocenters. The number of carboxylic acids is 1. The van der Waals surface area contributed by atoms with Gasteiger partial charge in [-0.05, 0) is 30.2 Å². The van der Waals surface area contributed by atoms with Gasteiger partial charge >= 0.3 is 12.1 Å². The number of hydrogen-bond donors (Lipinski definition) is 1. The van der Waals surface area contributed by atoms with E-state index in [0.717, 1.165) is 17.4 Å². The highest BCUT2D eigenvalue weighted by atomic mass is 19.4. The Balaban J connectivity index is 1.56. The molecule has 2 aliphatic heterocycles. The van der Waals surface area contributed by atoms with Gasteiger partial charge in [-0.25, -0.2) is 9.78 Å². The number of hydrogen-bond acceptors (Lipinski definition) is 4. The summed E-state index contributed by atoms with van der Waals surface area (Å²) in [6.45, 7) is 3.01. The van der Waals surface area contributed by atoms with E-state index in [0.29, 0.717) is 30.9 Å². The van der Waals surface area contributed by atoms with Crippen LogP contribution in [0.1, 0.15) is 40.8 Å². The number of anilines is 1. The molecule has 1 amide bonds. The van der Waals surface area contributed by atoms with Crippen LogP contribution in [0.2, 0.25) is 0 Å². The van der Waals surface area contributed by atoms with Crippen LogP contribution in [0, 0.1) is 0 Å². The fraction of sp³-hybridized carbons (Fsp3) is 0.421. The van der Waals surface area contributed by atoms with Crippen molar-refractivity contribution < 1.29 is 27.9 Å². The molecule has 1 aromatic carbocycles. The van der Waals surface area contributed by atoms with Crippen LogP contribution in [0.3, 0.4) is 0 Å². The third kappa shape index (κ3) is 3.32. The Hall–Kier alpha value is -3.04. The molecule has 0 bridgehead atoms. The minimum Gasteiger partial charge on any atom is -0.480 e. The lowest BCUT2D eigenvalue weighted by Crippen LogP contribution is -2.40. The van der Waals surface area contributed by atoms with Crippen LogP contribution in [-0.2, 0) is 30.6 Å². The molecule has 1 N–H and O–H groups in total. The van der Waals surface area contributed by atoms with E-state index in [2.05, 4.69) is 4.98 Å². The Morgan fingerprint density at radius 2 is 2.03 bits per heavy atom. The Morgan fingerprint density at radius 3 is 2.69 bits per heavy atom. The van der Waals surface area contributed by atoms with Crippen LogP contribution in [0.4, 0.5) is 18.9 Å². The summed E-state index contributed by atoms with van der Waals surface area (Å²) in [5.74, 6) is -1.03. The largest absolute Gasteiger partial charge is 0.480 e. The van der Waals surface area contributed by atoms with E-state index in [4.69, 9.17) is 0 Å². The first-order valence-electron chi connectivity index (χ1n) is 9.24. The molecule has 0 spiro atoms. The second-order valence-electron chi connectivity index (χ2n) is 7.19. The van der Waals surface area contributed by atoms with Crippen LogP contribution < -0.4 is 4.90 Å². The molecule has 0 saturated heterocycles. The van der Waals surface area contributed by atoms with Crippen molar-refractivity contribution in [3.8, 4) is 0 Å². The fourth-order valence-electron chi connectivity index (χ4n) is 3.92. The minimum atomic E-state index is -4.48. The Kier molecular flexibility index (Phi) is 4.51. The van der Waals surface area contributed by atoms with E-state index in [1.54, 1.807) is 19.1 Å². The van der Waals surface area contributed by atoms with Crippen molar-refractivity contribution in [2.75, 3.05) is 11.4 Å². The normalized spacial score (nSPS) is 17.3. The predicted molar refractivity (Wildman–Crippen MR) is 96.3 cm³/mol. The van der Waals surface area contributed by atoms with Crippen LogP contribution in [0.5, 0.6) is 0 Å². The number of aliphatic carboxylic acids is 1. The summed E-state index contributed by atoms with van der Waals surface area (Å²) in [6.07, 6.45) is -3.15. The Morgan fingerprint density at radius 1 is 1.28 bits per heavy atom. The van der Waals surface area contributed by atoms with Crippen LogP contribution in [0.15, 0.2) is 24.4 Å². The summed E-state index contributed by atoms with van der Waals surface area (Å²) < 4.78 is 40.2. The number of carboxylic acid groups (broad SMARTS) is 1. The van der Waals surface area contributed by atoms with E-state index in [-0.39, 0.29) is 19.0 Å². The zero-order valence-electron chi connectivity index (χ0n) is 15.6. The lowest BCUT2D eigenvalue weighted by molar-refractivity contribution is -0.142. The minimum absolute atomic E-state index is 0.202. The number of benzene rings is 1. The van der Waals surface area contributed by atoms with Gasteiger partial charge in [-0.3, -0.25) is 4.79 Å². The number of aromatic nitrogens is 2. The number of fused-ring (bicyclic) bond motifs is 2. The molecule has 1 aromatic heterocycles. The third-order valence-electron chi connectivity index (χ3n) is 5.43. The molecular weight excluding hydrogens is 389 g/mol. The Bertz CT molecular complexity index is 986. The van der Waals surface area contributed by atoms with Gasteiger partial charge in [-0.2, -0.15) is 13.2 Å². The van der Waals surface area contributed by atoms with Gasteiger partial charge < -0.3 is 19.5 Å². The van der Waals surface area contributed by atoms with Crippen molar-refractivity contribution in [1.82, 2.24) is 14.5 Å². The second kappa shape index (κ2) is 6.78. The maximum Gasteiger partial charge on any atom is 0.434 e. The molecule has 7 nitrogen and oxygen atoms in total. The molecule has 29 heavy (non-hydrogen) atoms. The van der Waals surface area contributed by atoms with Crippen LogP contribution in [0.25, 0.3) is 0 Å². The molecule has 2 aromatic rings. The van der Waals surface area contributed by atoms with Crippen molar-refractivity contribution in [1.29, 1.82) is 0 Å². The maximum absolute atomic E-state index is 12.9. The summed E-state index contributed by atoms with van der Waals surface area (Å²) in [4.78, 5) is 31.0. The monoisotopic (exact) mass is 408 g/mol. The molecule has 2 aliphatic rings. The lowest BCUT2D eigenvalue weighted by atomic mass is 10.1. The van der Waals surface area contributed by atoms with Crippen molar-refractivity contribution in [3.05, 3.63) is 47.0 Å². The fourth-order valence-corrected chi connectivity index (χ4v) is 3.92. The smallest absolute Gasteiger partial charge is 0.434 e. The second-order valence-corrected chi connectivity index (χ2v) is 7.19. The van der Waals surface area contributed by atoms with E-state index in [1.165, 1.54) is 9.47 Å². The van der Waals surface area contributed by atoms with Gasteiger partial charge in [0.25, 0.3) is 5.91 Å². The van der Waals surface area contributed by atoms with Gasteiger partial charge in [-0.1, -0.05) is 6.92 Å². The molecule has 0 radical (unpaired) electrons. The Labute approximate surface area is 164 Å². The van der Waals surface area contributed by atoms with Gasteiger partial charge in [0.05, 0.1) is 6.54 Å². The number of halogens is 3. The van der Waals surface area contributed by atoms with Crippen molar-refractivity contribution >= 4 is 17.6 Å².